The fraction of sp³-hybridized carbons (Fsp3) is 0.611. The van der Waals surface area contributed by atoms with Crippen LogP contribution in [0.3, 0.4) is 0 Å². The lowest BCUT2D eigenvalue weighted by Gasteiger charge is -2.20. The fourth-order valence-corrected chi connectivity index (χ4v) is 3.95. The smallest absolute Gasteiger partial charge is 0.215 e. The quantitative estimate of drug-likeness (QED) is 0.463. The van der Waals surface area contributed by atoms with Gasteiger partial charge in [0.1, 0.15) is 0 Å². The minimum Gasteiger partial charge on any atom is -0.494 e. The lowest BCUT2D eigenvalue weighted by molar-refractivity contribution is 0.386. The first-order valence-electron chi connectivity index (χ1n) is 9.15. The van der Waals surface area contributed by atoms with Crippen molar-refractivity contribution in [2.75, 3.05) is 39.0 Å². The number of benzene rings is 1. The maximum atomic E-state index is 13.9. The number of guanidine groups is 1. The number of hydrogen-bond acceptors (Lipinski definition) is 4. The molecule has 0 bridgehead atoms. The zero-order valence-electron chi connectivity index (χ0n) is 16.8. The van der Waals surface area contributed by atoms with Crippen molar-refractivity contribution in [3.63, 3.8) is 0 Å². The monoisotopic (exact) mass is 402 g/mol. The van der Waals surface area contributed by atoms with Crippen molar-refractivity contribution in [3.8, 4) is 5.75 Å². The molecule has 1 atom stereocenters. The second-order valence-corrected chi connectivity index (χ2v) is 8.01. The van der Waals surface area contributed by atoms with Gasteiger partial charge in [-0.25, -0.2) is 17.1 Å². The van der Waals surface area contributed by atoms with Gasteiger partial charge in [-0.2, -0.15) is 0 Å². The Bertz CT molecular complexity index is 721. The highest BCUT2D eigenvalue weighted by atomic mass is 32.2. The Labute approximate surface area is 162 Å². The Morgan fingerprint density at radius 2 is 1.96 bits per heavy atom. The highest BCUT2D eigenvalue weighted by Gasteiger charge is 2.18. The number of rotatable bonds is 10. The second kappa shape index (κ2) is 11.1. The van der Waals surface area contributed by atoms with E-state index in [2.05, 4.69) is 15.6 Å². The predicted molar refractivity (Wildman–Crippen MR) is 107 cm³/mol. The number of aliphatic imine (C=N–C) groups is 1. The molecule has 0 heterocycles. The molecule has 0 aliphatic carbocycles. The third-order valence-electron chi connectivity index (χ3n) is 4.09. The summed E-state index contributed by atoms with van der Waals surface area (Å²) in [6.07, 6.45) is 0. The van der Waals surface area contributed by atoms with Crippen molar-refractivity contribution in [2.24, 2.45) is 4.99 Å². The van der Waals surface area contributed by atoms with Crippen molar-refractivity contribution in [1.29, 1.82) is 0 Å². The van der Waals surface area contributed by atoms with Crippen LogP contribution in [0.15, 0.2) is 23.2 Å². The van der Waals surface area contributed by atoms with Gasteiger partial charge in [-0.3, -0.25) is 4.99 Å². The Morgan fingerprint density at radius 1 is 1.30 bits per heavy atom. The average Bonchev–Trinajstić information content (AvgIpc) is 2.62. The summed E-state index contributed by atoms with van der Waals surface area (Å²) in [6, 6.07) is 4.53. The van der Waals surface area contributed by atoms with Gasteiger partial charge in [0.2, 0.25) is 10.0 Å². The van der Waals surface area contributed by atoms with Crippen LogP contribution in [0.4, 0.5) is 4.39 Å². The molecule has 1 rings (SSSR count). The number of methoxy groups -OCH3 is 1. The van der Waals surface area contributed by atoms with Gasteiger partial charge in [0.25, 0.3) is 0 Å². The van der Waals surface area contributed by atoms with Crippen LogP contribution in [0.25, 0.3) is 0 Å². The van der Waals surface area contributed by atoms with Gasteiger partial charge in [0.15, 0.2) is 17.5 Å². The minimum absolute atomic E-state index is 0.0587. The number of sulfonamides is 1. The summed E-state index contributed by atoms with van der Waals surface area (Å²) in [5.41, 5.74) is 0.731. The van der Waals surface area contributed by atoms with E-state index >= 15 is 0 Å². The van der Waals surface area contributed by atoms with Crippen LogP contribution in [-0.4, -0.2) is 57.7 Å². The molecular weight excluding hydrogens is 371 g/mol. The molecule has 1 aromatic rings. The Kier molecular flexibility index (Phi) is 9.51. The van der Waals surface area contributed by atoms with Crippen molar-refractivity contribution in [2.45, 2.75) is 33.7 Å². The summed E-state index contributed by atoms with van der Waals surface area (Å²) in [5.74, 6) is 0.177. The highest BCUT2D eigenvalue weighted by Crippen LogP contribution is 2.21. The third kappa shape index (κ3) is 6.99. The predicted octanol–water partition coefficient (Wildman–Crippen LogP) is 2.12. The number of nitrogens with zero attached hydrogens (tertiary/aromatic N) is 2. The number of ether oxygens (including phenoxy) is 1. The molecule has 0 aliphatic heterocycles. The zero-order valence-corrected chi connectivity index (χ0v) is 17.6. The number of halogens is 1. The van der Waals surface area contributed by atoms with Crippen LogP contribution in [0.2, 0.25) is 0 Å². The van der Waals surface area contributed by atoms with E-state index in [1.165, 1.54) is 17.5 Å². The van der Waals surface area contributed by atoms with Gasteiger partial charge in [-0.15, -0.1) is 0 Å². The van der Waals surface area contributed by atoms with Crippen LogP contribution >= 0.6 is 0 Å². The maximum absolute atomic E-state index is 13.9. The molecule has 0 aromatic heterocycles. The third-order valence-corrected chi connectivity index (χ3v) is 6.09. The topological polar surface area (TPSA) is 83.0 Å². The van der Waals surface area contributed by atoms with Crippen LogP contribution in [0, 0.1) is 5.82 Å². The molecule has 0 spiro atoms. The second-order valence-electron chi connectivity index (χ2n) is 5.92. The first kappa shape index (κ1) is 23.2. The van der Waals surface area contributed by atoms with E-state index < -0.39 is 15.8 Å². The molecule has 1 aromatic carbocycles. The van der Waals surface area contributed by atoms with Gasteiger partial charge in [0, 0.05) is 19.6 Å². The van der Waals surface area contributed by atoms with E-state index in [4.69, 9.17) is 4.74 Å². The van der Waals surface area contributed by atoms with E-state index in [0.717, 1.165) is 5.56 Å². The van der Waals surface area contributed by atoms with E-state index in [1.807, 2.05) is 27.7 Å². The molecule has 0 amide bonds. The highest BCUT2D eigenvalue weighted by molar-refractivity contribution is 7.89. The largest absolute Gasteiger partial charge is 0.494 e. The molecule has 0 saturated carbocycles. The lowest BCUT2D eigenvalue weighted by Crippen LogP contribution is -2.39. The standard InChI is InChI=1S/C18H31FN4O3S/c1-6-20-18(21-11-12-27(24,25)23(7-2)8-3)22-14(4)15-9-10-17(26-5)16(19)13-15/h9-10,13-14H,6-8,11-12H2,1-5H3,(H2,20,21,22). The summed E-state index contributed by atoms with van der Waals surface area (Å²) in [4.78, 5) is 4.34. The molecule has 0 saturated heterocycles. The van der Waals surface area contributed by atoms with Crippen molar-refractivity contribution < 1.29 is 17.5 Å². The molecule has 2 N–H and O–H groups in total. The first-order chi connectivity index (χ1) is 12.8. The Balaban J connectivity index is 2.80. The van der Waals surface area contributed by atoms with E-state index in [1.54, 1.807) is 12.1 Å². The molecular formula is C18H31FN4O3S. The summed E-state index contributed by atoms with van der Waals surface area (Å²) in [6.45, 7) is 9.07. The average molecular weight is 403 g/mol. The van der Waals surface area contributed by atoms with E-state index in [0.29, 0.717) is 25.6 Å². The maximum Gasteiger partial charge on any atom is 0.215 e. The summed E-state index contributed by atoms with van der Waals surface area (Å²) < 4.78 is 44.7. The number of nitrogens with one attached hydrogen (secondary N) is 2. The van der Waals surface area contributed by atoms with E-state index in [-0.39, 0.29) is 24.1 Å². The molecule has 27 heavy (non-hydrogen) atoms. The van der Waals surface area contributed by atoms with Crippen molar-refractivity contribution >= 4 is 16.0 Å². The van der Waals surface area contributed by atoms with Crippen molar-refractivity contribution in [1.82, 2.24) is 14.9 Å². The summed E-state index contributed by atoms with van der Waals surface area (Å²) in [7, 11) is -1.90. The zero-order chi connectivity index (χ0) is 20.4. The fourth-order valence-electron chi connectivity index (χ4n) is 2.58. The summed E-state index contributed by atoms with van der Waals surface area (Å²) in [5, 5.41) is 6.24. The molecule has 0 fully saturated rings. The van der Waals surface area contributed by atoms with Crippen molar-refractivity contribution in [3.05, 3.63) is 29.6 Å². The Morgan fingerprint density at radius 3 is 2.48 bits per heavy atom. The van der Waals surface area contributed by atoms with Gasteiger partial charge >= 0.3 is 0 Å². The van der Waals surface area contributed by atoms with E-state index in [9.17, 15) is 12.8 Å². The van der Waals surface area contributed by atoms with Gasteiger partial charge < -0.3 is 15.4 Å². The van der Waals surface area contributed by atoms with Crippen LogP contribution < -0.4 is 15.4 Å². The van der Waals surface area contributed by atoms with Gasteiger partial charge in [-0.05, 0) is 31.5 Å². The minimum atomic E-state index is -3.32. The lowest BCUT2D eigenvalue weighted by atomic mass is 10.1. The van der Waals surface area contributed by atoms with Gasteiger partial charge in [-0.1, -0.05) is 19.9 Å². The molecule has 0 radical (unpaired) electrons. The molecule has 0 aliphatic rings. The van der Waals surface area contributed by atoms with Crippen LogP contribution in [0.5, 0.6) is 5.75 Å². The molecule has 1 unspecified atom stereocenters. The SMILES string of the molecule is CCNC(=NCCS(=O)(=O)N(CC)CC)NC(C)c1ccc(OC)c(F)c1. The Hall–Kier alpha value is -1.87. The number of hydrogen-bond donors (Lipinski definition) is 2. The summed E-state index contributed by atoms with van der Waals surface area (Å²) >= 11 is 0. The van der Waals surface area contributed by atoms with Crippen LogP contribution in [0.1, 0.15) is 39.3 Å². The molecule has 154 valence electrons. The molecule has 7 nitrogen and oxygen atoms in total. The van der Waals surface area contributed by atoms with Gasteiger partial charge in [0.05, 0.1) is 25.4 Å². The molecule has 9 heteroatoms. The normalized spacial score (nSPS) is 13.5. The first-order valence-corrected chi connectivity index (χ1v) is 10.8. The van der Waals surface area contributed by atoms with Crippen LogP contribution in [-0.2, 0) is 10.0 Å².